The van der Waals surface area contributed by atoms with Gasteiger partial charge in [-0.05, 0) is 0 Å². The summed E-state index contributed by atoms with van der Waals surface area (Å²) in [6.45, 7) is 11.0. The van der Waals surface area contributed by atoms with E-state index in [0.29, 0.717) is 0 Å². The molecule has 0 nitrogen and oxygen atoms in total. The topological polar surface area (TPSA) is 0 Å². The maximum absolute atomic E-state index is 6.44. The third-order valence-corrected chi connectivity index (χ3v) is 10.4. The third-order valence-electron chi connectivity index (χ3n) is 3.50. The molecule has 0 bridgehead atoms. The zero-order valence-corrected chi connectivity index (χ0v) is 13.7. The van der Waals surface area contributed by atoms with Crippen molar-refractivity contribution in [2.24, 2.45) is 5.41 Å². The van der Waals surface area contributed by atoms with Gasteiger partial charge in [-0.3, -0.25) is 0 Å². The van der Waals surface area contributed by atoms with Gasteiger partial charge < -0.3 is 0 Å². The van der Waals surface area contributed by atoms with E-state index < -0.39 is 17.9 Å². The van der Waals surface area contributed by atoms with E-state index in [0.717, 1.165) is 0 Å². The molecule has 0 atom stereocenters. The molecule has 0 amide bonds. The Morgan fingerprint density at radius 2 is 1.43 bits per heavy atom. The Hall–Kier alpha value is 0.943. The van der Waals surface area contributed by atoms with Gasteiger partial charge in [0.2, 0.25) is 0 Å². The quantitative estimate of drug-likeness (QED) is 0.628. The monoisotopic (exact) mass is 310 g/mol. The molecular weight excluding hydrogens is 294 g/mol. The van der Waals surface area contributed by atoms with E-state index in [1.165, 1.54) is 20.0 Å². The molecule has 0 fully saturated rings. The van der Waals surface area contributed by atoms with Gasteiger partial charge in [0.1, 0.15) is 0 Å². The van der Waals surface area contributed by atoms with Gasteiger partial charge in [0.15, 0.2) is 0 Å². The van der Waals surface area contributed by atoms with E-state index in [1.54, 1.807) is 0 Å². The maximum atomic E-state index is 6.44. The van der Waals surface area contributed by atoms with E-state index in [-0.39, 0.29) is 5.41 Å². The summed E-state index contributed by atoms with van der Waals surface area (Å²) in [5.41, 5.74) is 4.24. The van der Waals surface area contributed by atoms with E-state index >= 15 is 0 Å². The molecule has 0 aromatic rings. The molecular formula is C11H18Cl2Zr. The van der Waals surface area contributed by atoms with E-state index in [1.807, 2.05) is 0 Å². The van der Waals surface area contributed by atoms with Crippen molar-refractivity contribution in [3.05, 3.63) is 20.0 Å². The Labute approximate surface area is 98.9 Å². The molecule has 0 spiro atoms. The van der Waals surface area contributed by atoms with Crippen molar-refractivity contribution >= 4 is 17.0 Å². The van der Waals surface area contributed by atoms with Gasteiger partial charge in [0.05, 0.1) is 0 Å². The SMILES string of the molecule is CC1=C(C)C(C)(C)[C]([Zr]([CH3])([Cl])[Cl])=C1C. The Morgan fingerprint density at radius 3 is 1.57 bits per heavy atom. The molecule has 0 saturated heterocycles. The summed E-state index contributed by atoms with van der Waals surface area (Å²) in [6.07, 6.45) is 0. The molecule has 14 heavy (non-hydrogen) atoms. The van der Waals surface area contributed by atoms with Crippen LogP contribution in [-0.4, -0.2) is 0 Å². The Bertz CT molecular complexity index is 330. The summed E-state index contributed by atoms with van der Waals surface area (Å²) in [5, 5.41) is 0. The molecule has 0 aliphatic heterocycles. The zero-order valence-electron chi connectivity index (χ0n) is 9.76. The van der Waals surface area contributed by atoms with Crippen LogP contribution in [0.1, 0.15) is 34.6 Å². The third kappa shape index (κ3) is 1.93. The molecule has 80 valence electrons. The van der Waals surface area contributed by atoms with Gasteiger partial charge in [0, 0.05) is 0 Å². The van der Waals surface area contributed by atoms with Crippen molar-refractivity contribution in [3.8, 4) is 0 Å². The first-order chi connectivity index (χ1) is 6.10. The normalized spacial score (nSPS) is 22.3. The van der Waals surface area contributed by atoms with Gasteiger partial charge in [-0.15, -0.1) is 0 Å². The van der Waals surface area contributed by atoms with E-state index in [2.05, 4.69) is 39.3 Å². The molecule has 0 saturated carbocycles. The molecule has 0 N–H and O–H groups in total. The van der Waals surface area contributed by atoms with Crippen LogP contribution in [0.4, 0.5) is 0 Å². The second kappa shape index (κ2) is 3.75. The minimum absolute atomic E-state index is 0.0858. The van der Waals surface area contributed by atoms with Crippen LogP contribution in [0, 0.1) is 5.41 Å². The first-order valence-electron chi connectivity index (χ1n) is 4.88. The van der Waals surface area contributed by atoms with Crippen molar-refractivity contribution in [2.45, 2.75) is 39.3 Å². The van der Waals surface area contributed by atoms with Crippen molar-refractivity contribution in [1.82, 2.24) is 0 Å². The van der Waals surface area contributed by atoms with Gasteiger partial charge in [0.25, 0.3) is 0 Å². The second-order valence-electron chi connectivity index (χ2n) is 4.76. The van der Waals surface area contributed by atoms with E-state index in [9.17, 15) is 0 Å². The Kier molecular flexibility index (Phi) is 3.49. The first-order valence-corrected chi connectivity index (χ1v) is 14.9. The standard InChI is InChI=1S/C10H15.CH3.2ClH.Zr/c1-7-6-10(4,5)9(3)8(7)2;;;;/h1-5H3;1H3;2*1H;/q;;;;+2/p-2. The number of rotatable bonds is 1. The van der Waals surface area contributed by atoms with Crippen LogP contribution in [0.15, 0.2) is 20.0 Å². The fourth-order valence-electron chi connectivity index (χ4n) is 2.47. The van der Waals surface area contributed by atoms with Crippen molar-refractivity contribution in [3.63, 3.8) is 0 Å². The molecule has 0 radical (unpaired) electrons. The van der Waals surface area contributed by atoms with Crippen LogP contribution in [0.25, 0.3) is 0 Å². The van der Waals surface area contributed by atoms with Crippen LogP contribution >= 0.6 is 17.0 Å². The summed E-state index contributed by atoms with van der Waals surface area (Å²) >= 11 is -2.97. The van der Waals surface area contributed by atoms with Crippen LogP contribution in [0.2, 0.25) is 4.63 Å². The summed E-state index contributed by atoms with van der Waals surface area (Å²) in [5.74, 6) is 0. The number of allylic oxidation sites excluding steroid dienone is 4. The van der Waals surface area contributed by atoms with Gasteiger partial charge in [-0.2, -0.15) is 0 Å². The van der Waals surface area contributed by atoms with Crippen molar-refractivity contribution in [2.75, 3.05) is 0 Å². The summed E-state index contributed by atoms with van der Waals surface area (Å²) in [4.78, 5) is 0. The second-order valence-corrected chi connectivity index (χ2v) is 20.4. The molecule has 1 aliphatic rings. The van der Waals surface area contributed by atoms with Gasteiger partial charge >= 0.3 is 99.6 Å². The van der Waals surface area contributed by atoms with Gasteiger partial charge in [-0.25, -0.2) is 0 Å². The van der Waals surface area contributed by atoms with Crippen molar-refractivity contribution in [1.29, 1.82) is 0 Å². The molecule has 0 heterocycles. The average Bonchev–Trinajstić information content (AvgIpc) is 2.10. The number of hydrogen-bond donors (Lipinski definition) is 0. The predicted molar refractivity (Wildman–Crippen MR) is 62.4 cm³/mol. The van der Waals surface area contributed by atoms with Crippen LogP contribution in [0.3, 0.4) is 0 Å². The Balaban J connectivity index is 3.37. The van der Waals surface area contributed by atoms with Crippen LogP contribution in [-0.2, 0) is 17.9 Å². The van der Waals surface area contributed by atoms with E-state index in [4.69, 9.17) is 17.0 Å². The van der Waals surface area contributed by atoms with Crippen LogP contribution in [0.5, 0.6) is 0 Å². The Morgan fingerprint density at radius 1 is 1.00 bits per heavy atom. The fourth-order valence-corrected chi connectivity index (χ4v) is 12.2. The first kappa shape index (κ1) is 13.0. The van der Waals surface area contributed by atoms with Gasteiger partial charge in [-0.1, -0.05) is 0 Å². The minimum atomic E-state index is -2.97. The summed E-state index contributed by atoms with van der Waals surface area (Å²) < 4.78 is 3.41. The summed E-state index contributed by atoms with van der Waals surface area (Å²) in [7, 11) is 12.9. The molecule has 1 aliphatic carbocycles. The molecule has 0 unspecified atom stereocenters. The predicted octanol–water partition coefficient (Wildman–Crippen LogP) is 5.15. The molecule has 0 aromatic carbocycles. The van der Waals surface area contributed by atoms with Crippen LogP contribution < -0.4 is 0 Å². The molecule has 1 rings (SSSR count). The molecule has 3 heteroatoms. The average molecular weight is 312 g/mol. The number of hydrogen-bond acceptors (Lipinski definition) is 0. The van der Waals surface area contributed by atoms with Crippen molar-refractivity contribution < 1.29 is 17.9 Å². The summed E-state index contributed by atoms with van der Waals surface area (Å²) in [6, 6.07) is 0. The number of halogens is 2. The zero-order chi connectivity index (χ0) is 11.3. The fraction of sp³-hybridized carbons (Fsp3) is 0.636. The molecule has 0 aromatic heterocycles.